The minimum Gasteiger partial charge on any atom is -0.488 e. The van der Waals surface area contributed by atoms with Crippen LogP contribution in [0.3, 0.4) is 0 Å². The van der Waals surface area contributed by atoms with Gasteiger partial charge in [0.1, 0.15) is 24.7 Å². The van der Waals surface area contributed by atoms with Gasteiger partial charge in [0.2, 0.25) is 0 Å². The lowest BCUT2D eigenvalue weighted by Crippen LogP contribution is -2.16. The summed E-state index contributed by atoms with van der Waals surface area (Å²) >= 11 is 0. The van der Waals surface area contributed by atoms with E-state index in [1.807, 2.05) is 0 Å². The van der Waals surface area contributed by atoms with Gasteiger partial charge in [-0.3, -0.25) is 0 Å². The van der Waals surface area contributed by atoms with Gasteiger partial charge in [-0.1, -0.05) is 84.9 Å². The second-order valence-corrected chi connectivity index (χ2v) is 11.2. The van der Waals surface area contributed by atoms with E-state index in [1.54, 1.807) is 0 Å². The molecule has 0 fully saturated rings. The van der Waals surface area contributed by atoms with Crippen molar-refractivity contribution in [2.24, 2.45) is 0 Å². The highest BCUT2D eigenvalue weighted by Crippen LogP contribution is 2.55. The molecule has 0 amide bonds. The third kappa shape index (κ3) is 2.78. The zero-order valence-electron chi connectivity index (χ0n) is 22.5. The van der Waals surface area contributed by atoms with E-state index in [2.05, 4.69) is 111 Å². The molecule has 7 aromatic rings. The highest BCUT2D eigenvalue weighted by atomic mass is 16.5. The van der Waals surface area contributed by atoms with Gasteiger partial charge in [-0.2, -0.15) is 0 Å². The zero-order valence-corrected chi connectivity index (χ0v) is 22.5. The normalized spacial score (nSPS) is 13.4. The Balaban J connectivity index is 1.53. The fourth-order valence-corrected chi connectivity index (χ4v) is 7.24. The van der Waals surface area contributed by atoms with Gasteiger partial charge < -0.3 is 9.47 Å². The summed E-state index contributed by atoms with van der Waals surface area (Å²) < 4.78 is 13.1. The van der Waals surface area contributed by atoms with E-state index in [-0.39, 0.29) is 0 Å². The van der Waals surface area contributed by atoms with Gasteiger partial charge >= 0.3 is 0 Å². The van der Waals surface area contributed by atoms with E-state index < -0.39 is 0 Å². The Labute approximate surface area is 232 Å². The molecule has 190 valence electrons. The molecule has 2 aliphatic rings. The summed E-state index contributed by atoms with van der Waals surface area (Å²) in [5.41, 5.74) is 10.2. The molecule has 0 bridgehead atoms. The largest absolute Gasteiger partial charge is 0.488 e. The molecule has 0 aromatic heterocycles. The third-order valence-corrected chi connectivity index (χ3v) is 9.31. The smallest absolute Gasteiger partial charge is 0.128 e. The molecule has 2 nitrogen and oxygen atoms in total. The van der Waals surface area contributed by atoms with E-state index >= 15 is 0 Å². The van der Waals surface area contributed by atoms with Gasteiger partial charge in [0.15, 0.2) is 0 Å². The summed E-state index contributed by atoms with van der Waals surface area (Å²) in [7, 11) is 0. The van der Waals surface area contributed by atoms with Gasteiger partial charge in [-0.15, -0.1) is 0 Å². The fraction of sp³-hybridized carbons (Fsp3) is 0.105. The van der Waals surface area contributed by atoms with E-state index in [0.29, 0.717) is 13.2 Å². The van der Waals surface area contributed by atoms with Gasteiger partial charge in [0.25, 0.3) is 0 Å². The summed E-state index contributed by atoms with van der Waals surface area (Å²) in [5, 5.41) is 10.0. The number of rotatable bonds is 0. The second-order valence-electron chi connectivity index (χ2n) is 11.2. The van der Waals surface area contributed by atoms with Gasteiger partial charge in [-0.25, -0.2) is 0 Å². The van der Waals surface area contributed by atoms with E-state index in [4.69, 9.17) is 9.47 Å². The highest BCUT2D eigenvalue weighted by Gasteiger charge is 2.33. The van der Waals surface area contributed by atoms with Gasteiger partial charge in [0.05, 0.1) is 0 Å². The molecule has 0 saturated carbocycles. The molecule has 40 heavy (non-hydrogen) atoms. The Bertz CT molecular complexity index is 2080. The molecule has 2 heteroatoms. The molecule has 2 heterocycles. The van der Waals surface area contributed by atoms with Crippen LogP contribution in [-0.4, -0.2) is 0 Å². The van der Waals surface area contributed by atoms with Crippen molar-refractivity contribution in [3.8, 4) is 33.8 Å². The molecule has 0 N–H and O–H groups in total. The van der Waals surface area contributed by atoms with Crippen LogP contribution in [0.4, 0.5) is 0 Å². The number of fused-ring (bicyclic) bond motifs is 15. The highest BCUT2D eigenvalue weighted by molar-refractivity contribution is 6.21. The number of benzene rings is 7. The Hall–Kier alpha value is -4.82. The van der Waals surface area contributed by atoms with Crippen LogP contribution in [0.5, 0.6) is 11.5 Å². The standard InChI is InChI=1S/C38H26O2/c1-21-22(2)30-20-40-32-18-16-26-14-12-24-8-4-6-10-28(24)34(26)38(32)36(30)35-29(21)19-39-31-17-15-25-13-11-23-7-3-5-9-27(23)33(25)37(31)35/h3-18H,19-20H2,1-2H3. The van der Waals surface area contributed by atoms with Crippen LogP contribution in [0, 0.1) is 13.8 Å². The molecule has 0 saturated heterocycles. The van der Waals surface area contributed by atoms with Crippen molar-refractivity contribution >= 4 is 43.1 Å². The minimum atomic E-state index is 0.570. The van der Waals surface area contributed by atoms with Crippen LogP contribution >= 0.6 is 0 Å². The molecule has 0 aliphatic carbocycles. The van der Waals surface area contributed by atoms with Crippen LogP contribution in [0.2, 0.25) is 0 Å². The minimum absolute atomic E-state index is 0.570. The topological polar surface area (TPSA) is 18.5 Å². The molecular weight excluding hydrogens is 488 g/mol. The predicted octanol–water partition coefficient (Wildman–Crippen LogP) is 10.0. The Morgan fingerprint density at radius 2 is 0.825 bits per heavy atom. The van der Waals surface area contributed by atoms with E-state index in [9.17, 15) is 0 Å². The number of hydrogen-bond donors (Lipinski definition) is 0. The lowest BCUT2D eigenvalue weighted by atomic mass is 9.77. The number of hydrogen-bond acceptors (Lipinski definition) is 2. The van der Waals surface area contributed by atoms with Crippen molar-refractivity contribution in [2.75, 3.05) is 0 Å². The van der Waals surface area contributed by atoms with Crippen LogP contribution in [0.25, 0.3) is 65.3 Å². The molecule has 0 radical (unpaired) electrons. The Morgan fingerprint density at radius 3 is 1.30 bits per heavy atom. The van der Waals surface area contributed by atoms with Crippen molar-refractivity contribution < 1.29 is 9.47 Å². The maximum Gasteiger partial charge on any atom is 0.128 e. The summed E-state index contributed by atoms with van der Waals surface area (Å²) in [6, 6.07) is 35.1. The van der Waals surface area contributed by atoms with Gasteiger partial charge in [-0.05, 0) is 69.4 Å². The lowest BCUT2D eigenvalue weighted by molar-refractivity contribution is 0.296. The van der Waals surface area contributed by atoms with Crippen molar-refractivity contribution in [3.05, 3.63) is 119 Å². The van der Waals surface area contributed by atoms with Gasteiger partial charge in [0, 0.05) is 44.2 Å². The first-order valence-corrected chi connectivity index (χ1v) is 14.0. The first-order valence-electron chi connectivity index (χ1n) is 14.0. The van der Waals surface area contributed by atoms with E-state index in [0.717, 1.165) is 11.5 Å². The van der Waals surface area contributed by atoms with Crippen molar-refractivity contribution in [1.82, 2.24) is 0 Å². The molecule has 0 unspecified atom stereocenters. The van der Waals surface area contributed by atoms with Crippen molar-refractivity contribution in [1.29, 1.82) is 0 Å². The molecule has 9 rings (SSSR count). The molecule has 7 aromatic carbocycles. The molecule has 2 aliphatic heterocycles. The average Bonchev–Trinajstić information content (AvgIpc) is 3.01. The van der Waals surface area contributed by atoms with Crippen molar-refractivity contribution in [2.45, 2.75) is 27.1 Å². The summed E-state index contributed by atoms with van der Waals surface area (Å²) in [6.07, 6.45) is 0. The quantitative estimate of drug-likeness (QED) is 0.187. The first-order chi connectivity index (χ1) is 19.7. The maximum atomic E-state index is 6.55. The lowest BCUT2D eigenvalue weighted by Gasteiger charge is -2.33. The zero-order chi connectivity index (χ0) is 26.5. The van der Waals surface area contributed by atoms with Crippen LogP contribution < -0.4 is 9.47 Å². The monoisotopic (exact) mass is 514 g/mol. The van der Waals surface area contributed by atoms with E-state index in [1.165, 1.54) is 87.6 Å². The Kier molecular flexibility index (Phi) is 4.33. The molecular formula is C38H26O2. The first kappa shape index (κ1) is 22.0. The fourth-order valence-electron chi connectivity index (χ4n) is 7.24. The predicted molar refractivity (Wildman–Crippen MR) is 165 cm³/mol. The summed E-state index contributed by atoms with van der Waals surface area (Å²) in [6.45, 7) is 5.64. The SMILES string of the molecule is Cc1c(C)c2c(c3c1COc1ccc4ccc5ccccc5c4c1-3)-c1c(ccc3ccc4ccccc4c13)OC2. The maximum absolute atomic E-state index is 6.55. The summed E-state index contributed by atoms with van der Waals surface area (Å²) in [5.74, 6) is 1.92. The van der Waals surface area contributed by atoms with Crippen molar-refractivity contribution in [3.63, 3.8) is 0 Å². The number of ether oxygens (including phenoxy) is 2. The van der Waals surface area contributed by atoms with Crippen LogP contribution in [-0.2, 0) is 13.2 Å². The second kappa shape index (κ2) is 7.86. The molecule has 0 atom stereocenters. The average molecular weight is 515 g/mol. The third-order valence-electron chi connectivity index (χ3n) is 9.31. The Morgan fingerprint density at radius 1 is 0.425 bits per heavy atom. The van der Waals surface area contributed by atoms with Crippen LogP contribution in [0.15, 0.2) is 97.1 Å². The molecule has 0 spiro atoms. The summed E-state index contributed by atoms with van der Waals surface area (Å²) in [4.78, 5) is 0. The van der Waals surface area contributed by atoms with Crippen LogP contribution in [0.1, 0.15) is 22.3 Å².